The number of anilines is 3. The molecule has 8 aromatic carbocycles. The zero-order valence-electron chi connectivity index (χ0n) is 29.8. The first-order chi connectivity index (χ1) is 26.0. The van der Waals surface area contributed by atoms with Crippen LogP contribution in [0, 0.1) is 0 Å². The Bertz CT molecular complexity index is 2690. The second-order valence-electron chi connectivity index (χ2n) is 15.3. The van der Waals surface area contributed by atoms with Gasteiger partial charge in [-0.1, -0.05) is 166 Å². The van der Waals surface area contributed by atoms with E-state index in [0.717, 1.165) is 17.1 Å². The normalized spacial score (nSPS) is 14.5. The number of benzene rings is 8. The molecule has 3 aliphatic carbocycles. The summed E-state index contributed by atoms with van der Waals surface area (Å²) in [6.45, 7) is 4.73. The van der Waals surface area contributed by atoms with E-state index in [4.69, 9.17) is 0 Å². The number of hydrogen-bond acceptors (Lipinski definition) is 1. The molecule has 3 aliphatic rings. The van der Waals surface area contributed by atoms with E-state index in [0.29, 0.717) is 0 Å². The smallest absolute Gasteiger partial charge is 0.0726 e. The Morgan fingerprint density at radius 1 is 0.302 bits per heavy atom. The van der Waals surface area contributed by atoms with Crippen molar-refractivity contribution in [3.05, 3.63) is 221 Å². The van der Waals surface area contributed by atoms with Crippen LogP contribution in [0.3, 0.4) is 0 Å². The lowest BCUT2D eigenvalue weighted by Gasteiger charge is -2.32. The van der Waals surface area contributed by atoms with Crippen molar-refractivity contribution in [2.45, 2.75) is 24.7 Å². The minimum Gasteiger partial charge on any atom is -0.310 e. The third-order valence-electron chi connectivity index (χ3n) is 12.3. The lowest BCUT2D eigenvalue weighted by Crippen LogP contribution is -2.26. The van der Waals surface area contributed by atoms with Gasteiger partial charge in [0.2, 0.25) is 0 Å². The molecule has 1 heteroatoms. The van der Waals surface area contributed by atoms with Crippen LogP contribution in [0.5, 0.6) is 0 Å². The summed E-state index contributed by atoms with van der Waals surface area (Å²) in [5, 5.41) is 0. The molecule has 0 bridgehead atoms. The summed E-state index contributed by atoms with van der Waals surface area (Å²) in [5.41, 5.74) is 21.5. The largest absolute Gasteiger partial charge is 0.310 e. The summed E-state index contributed by atoms with van der Waals surface area (Å²) < 4.78 is 0. The molecule has 0 unspecified atom stereocenters. The monoisotopic (exact) mass is 675 g/mol. The topological polar surface area (TPSA) is 3.24 Å². The van der Waals surface area contributed by atoms with Crippen molar-refractivity contribution >= 4 is 17.1 Å². The van der Waals surface area contributed by atoms with Crippen molar-refractivity contribution in [1.29, 1.82) is 0 Å². The van der Waals surface area contributed by atoms with Crippen LogP contribution in [-0.4, -0.2) is 0 Å². The van der Waals surface area contributed by atoms with E-state index >= 15 is 0 Å². The molecular formula is C52H37N. The summed E-state index contributed by atoms with van der Waals surface area (Å²) in [6.07, 6.45) is 0. The maximum atomic E-state index is 2.49. The van der Waals surface area contributed by atoms with Crippen LogP contribution in [0.4, 0.5) is 17.1 Å². The third-order valence-corrected chi connectivity index (χ3v) is 12.3. The molecule has 11 rings (SSSR count). The molecule has 250 valence electrons. The van der Waals surface area contributed by atoms with Crippen molar-refractivity contribution in [2.24, 2.45) is 0 Å². The molecular weight excluding hydrogens is 639 g/mol. The molecule has 8 aromatic rings. The Balaban J connectivity index is 1.15. The molecule has 0 aromatic heterocycles. The molecule has 0 radical (unpaired) electrons. The molecule has 0 aliphatic heterocycles. The third kappa shape index (κ3) is 4.08. The number of hydrogen-bond donors (Lipinski definition) is 0. The molecule has 0 saturated carbocycles. The average Bonchev–Trinajstić information content (AvgIpc) is 3.77. The predicted molar refractivity (Wildman–Crippen MR) is 220 cm³/mol. The van der Waals surface area contributed by atoms with Crippen molar-refractivity contribution in [3.63, 3.8) is 0 Å². The summed E-state index contributed by atoms with van der Waals surface area (Å²) >= 11 is 0. The standard InChI is InChI=1S/C52H37N/c1-51(2)45-20-10-6-16-39(45)43-30-28-37(32-49(43)51)53(36-26-24-35(25-27-36)34-14-4-3-5-15-34)38-29-31-44-42-19-9-13-23-48(42)52(50(44)33-38)46-21-11-7-17-40(46)41-18-8-12-22-47(41)52/h3-33H,1-2H3. The fourth-order valence-electron chi connectivity index (χ4n) is 9.93. The van der Waals surface area contributed by atoms with Gasteiger partial charge in [-0.3, -0.25) is 0 Å². The Kier molecular flexibility index (Phi) is 6.29. The predicted octanol–water partition coefficient (Wildman–Crippen LogP) is 13.5. The SMILES string of the molecule is CC1(C)c2ccccc2-c2ccc(N(c3ccc(-c4ccccc4)cc3)c3ccc4c(c3)C3(c5ccccc5-c5ccccc53)c3ccccc3-4)cc21. The highest BCUT2D eigenvalue weighted by atomic mass is 15.1. The van der Waals surface area contributed by atoms with E-state index in [-0.39, 0.29) is 5.41 Å². The van der Waals surface area contributed by atoms with Crippen LogP contribution in [0.25, 0.3) is 44.5 Å². The van der Waals surface area contributed by atoms with Crippen LogP contribution in [0.2, 0.25) is 0 Å². The highest BCUT2D eigenvalue weighted by molar-refractivity contribution is 5.96. The first kappa shape index (κ1) is 30.2. The van der Waals surface area contributed by atoms with Crippen LogP contribution in [-0.2, 0) is 10.8 Å². The zero-order valence-corrected chi connectivity index (χ0v) is 29.8. The molecule has 0 N–H and O–H groups in total. The van der Waals surface area contributed by atoms with Gasteiger partial charge in [-0.05, 0) is 114 Å². The molecule has 1 nitrogen and oxygen atoms in total. The Morgan fingerprint density at radius 2 is 0.679 bits per heavy atom. The first-order valence-corrected chi connectivity index (χ1v) is 18.7. The van der Waals surface area contributed by atoms with Crippen LogP contribution < -0.4 is 4.90 Å². The summed E-state index contributed by atoms with van der Waals surface area (Å²) in [6, 6.07) is 70.1. The highest BCUT2D eigenvalue weighted by Gasteiger charge is 2.51. The zero-order chi connectivity index (χ0) is 35.3. The fraction of sp³-hybridized carbons (Fsp3) is 0.0769. The van der Waals surface area contributed by atoms with Crippen molar-refractivity contribution < 1.29 is 0 Å². The van der Waals surface area contributed by atoms with Gasteiger partial charge < -0.3 is 4.90 Å². The molecule has 0 fully saturated rings. The van der Waals surface area contributed by atoms with Crippen molar-refractivity contribution in [3.8, 4) is 44.5 Å². The Hall–Kier alpha value is -6.44. The maximum absolute atomic E-state index is 2.49. The lowest BCUT2D eigenvalue weighted by molar-refractivity contribution is 0.660. The van der Waals surface area contributed by atoms with Gasteiger partial charge in [-0.2, -0.15) is 0 Å². The maximum Gasteiger partial charge on any atom is 0.0726 e. The quantitative estimate of drug-likeness (QED) is 0.179. The van der Waals surface area contributed by atoms with Gasteiger partial charge in [-0.15, -0.1) is 0 Å². The van der Waals surface area contributed by atoms with E-state index in [9.17, 15) is 0 Å². The van der Waals surface area contributed by atoms with E-state index < -0.39 is 5.41 Å². The van der Waals surface area contributed by atoms with Crippen molar-refractivity contribution in [2.75, 3.05) is 4.90 Å². The molecule has 0 amide bonds. The number of fused-ring (bicyclic) bond motifs is 13. The molecule has 0 saturated heterocycles. The average molecular weight is 676 g/mol. The van der Waals surface area contributed by atoms with E-state index in [1.807, 2.05) is 0 Å². The van der Waals surface area contributed by atoms with Gasteiger partial charge in [0, 0.05) is 22.5 Å². The van der Waals surface area contributed by atoms with E-state index in [1.165, 1.54) is 77.9 Å². The minimum atomic E-state index is -0.403. The first-order valence-electron chi connectivity index (χ1n) is 18.7. The van der Waals surface area contributed by atoms with Crippen LogP contribution >= 0.6 is 0 Å². The molecule has 0 atom stereocenters. The lowest BCUT2D eigenvalue weighted by atomic mass is 9.70. The van der Waals surface area contributed by atoms with Crippen LogP contribution in [0.15, 0.2) is 188 Å². The van der Waals surface area contributed by atoms with Gasteiger partial charge >= 0.3 is 0 Å². The molecule has 1 spiro atoms. The summed E-state index contributed by atoms with van der Waals surface area (Å²) in [5.74, 6) is 0. The van der Waals surface area contributed by atoms with Gasteiger partial charge in [0.05, 0.1) is 5.41 Å². The fourth-order valence-corrected chi connectivity index (χ4v) is 9.93. The van der Waals surface area contributed by atoms with Gasteiger partial charge in [0.15, 0.2) is 0 Å². The Labute approximate surface area is 311 Å². The van der Waals surface area contributed by atoms with E-state index in [1.54, 1.807) is 0 Å². The second-order valence-corrected chi connectivity index (χ2v) is 15.3. The second kappa shape index (κ2) is 11.0. The van der Waals surface area contributed by atoms with Gasteiger partial charge in [-0.25, -0.2) is 0 Å². The number of nitrogens with zero attached hydrogens (tertiary/aromatic N) is 1. The summed E-state index contributed by atoms with van der Waals surface area (Å²) in [7, 11) is 0. The number of rotatable bonds is 4. The van der Waals surface area contributed by atoms with Crippen molar-refractivity contribution in [1.82, 2.24) is 0 Å². The Morgan fingerprint density at radius 3 is 1.23 bits per heavy atom. The van der Waals surface area contributed by atoms with Crippen LogP contribution in [0.1, 0.15) is 47.2 Å². The summed E-state index contributed by atoms with van der Waals surface area (Å²) in [4.78, 5) is 2.47. The molecule has 53 heavy (non-hydrogen) atoms. The van der Waals surface area contributed by atoms with Gasteiger partial charge in [0.1, 0.15) is 0 Å². The molecule has 0 heterocycles. The van der Waals surface area contributed by atoms with Gasteiger partial charge in [0.25, 0.3) is 0 Å². The minimum absolute atomic E-state index is 0.105. The van der Waals surface area contributed by atoms with E-state index in [2.05, 4.69) is 207 Å². The highest BCUT2D eigenvalue weighted by Crippen LogP contribution is 2.63.